The number of nitrogens with zero attached hydrogens (tertiary/aromatic N) is 1. The predicted molar refractivity (Wildman–Crippen MR) is 65.0 cm³/mol. The Bertz CT molecular complexity index is 476. The molecule has 4 heteroatoms. The molecular formula is C12H13ClN2O. The van der Waals surface area contributed by atoms with Crippen molar-refractivity contribution in [1.29, 1.82) is 0 Å². The van der Waals surface area contributed by atoms with Crippen LogP contribution in [0.3, 0.4) is 0 Å². The topological polar surface area (TPSA) is 38.1 Å². The van der Waals surface area contributed by atoms with Crippen LogP contribution in [0.1, 0.15) is 17.0 Å². The standard InChI is InChI=1S/C12H13ClN2O/c1-8-11(15-12(14-2)16-8)7-9-3-5-10(13)6-4-9/h3-6H,7H2,1-2H3,(H,14,15). The Hall–Kier alpha value is -1.48. The van der Waals surface area contributed by atoms with Crippen LogP contribution in [-0.2, 0) is 6.42 Å². The Kier molecular flexibility index (Phi) is 3.15. The summed E-state index contributed by atoms with van der Waals surface area (Å²) in [5.74, 6) is 0.847. The molecular weight excluding hydrogens is 224 g/mol. The van der Waals surface area contributed by atoms with Gasteiger partial charge in [0.1, 0.15) is 5.76 Å². The summed E-state index contributed by atoms with van der Waals surface area (Å²) in [5, 5.41) is 3.63. The number of anilines is 1. The van der Waals surface area contributed by atoms with Crippen LogP contribution in [0.25, 0.3) is 0 Å². The quantitative estimate of drug-likeness (QED) is 0.889. The summed E-state index contributed by atoms with van der Waals surface area (Å²) in [6.07, 6.45) is 0.758. The maximum atomic E-state index is 5.83. The third-order valence-electron chi connectivity index (χ3n) is 2.39. The van der Waals surface area contributed by atoms with Gasteiger partial charge in [-0.25, -0.2) is 0 Å². The SMILES string of the molecule is CNc1nc(Cc2ccc(Cl)cc2)c(C)o1. The van der Waals surface area contributed by atoms with Gasteiger partial charge in [0.25, 0.3) is 6.01 Å². The lowest BCUT2D eigenvalue weighted by atomic mass is 10.1. The molecule has 0 aliphatic rings. The first kappa shape index (κ1) is 11.0. The van der Waals surface area contributed by atoms with Crippen molar-refractivity contribution in [3.05, 3.63) is 46.3 Å². The minimum atomic E-state index is 0.557. The maximum absolute atomic E-state index is 5.83. The summed E-state index contributed by atoms with van der Waals surface area (Å²) in [6, 6.07) is 8.31. The van der Waals surface area contributed by atoms with Crippen LogP contribution in [0.5, 0.6) is 0 Å². The van der Waals surface area contributed by atoms with E-state index in [0.717, 1.165) is 22.9 Å². The number of oxazole rings is 1. The van der Waals surface area contributed by atoms with E-state index in [1.54, 1.807) is 7.05 Å². The van der Waals surface area contributed by atoms with E-state index in [1.807, 2.05) is 31.2 Å². The van der Waals surface area contributed by atoms with Crippen molar-refractivity contribution in [3.63, 3.8) is 0 Å². The molecule has 1 aromatic carbocycles. The van der Waals surface area contributed by atoms with Crippen LogP contribution in [0.4, 0.5) is 6.01 Å². The zero-order chi connectivity index (χ0) is 11.5. The van der Waals surface area contributed by atoms with Gasteiger partial charge < -0.3 is 9.73 Å². The lowest BCUT2D eigenvalue weighted by Gasteiger charge is -1.98. The summed E-state index contributed by atoms with van der Waals surface area (Å²) < 4.78 is 5.41. The fourth-order valence-electron chi connectivity index (χ4n) is 1.49. The summed E-state index contributed by atoms with van der Waals surface area (Å²) in [7, 11) is 1.79. The summed E-state index contributed by atoms with van der Waals surface area (Å²) in [6.45, 7) is 1.92. The molecule has 0 fully saturated rings. The molecule has 0 atom stereocenters. The van der Waals surface area contributed by atoms with E-state index in [2.05, 4.69) is 10.3 Å². The van der Waals surface area contributed by atoms with Crippen LogP contribution in [-0.4, -0.2) is 12.0 Å². The minimum Gasteiger partial charge on any atom is -0.429 e. The van der Waals surface area contributed by atoms with E-state index in [-0.39, 0.29) is 0 Å². The number of hydrogen-bond donors (Lipinski definition) is 1. The number of aromatic nitrogens is 1. The van der Waals surface area contributed by atoms with Crippen LogP contribution in [0.15, 0.2) is 28.7 Å². The van der Waals surface area contributed by atoms with Crippen molar-refractivity contribution in [2.24, 2.45) is 0 Å². The largest absolute Gasteiger partial charge is 0.429 e. The minimum absolute atomic E-state index is 0.557. The average molecular weight is 237 g/mol. The van der Waals surface area contributed by atoms with E-state index in [0.29, 0.717) is 6.01 Å². The van der Waals surface area contributed by atoms with Crippen LogP contribution < -0.4 is 5.32 Å². The van der Waals surface area contributed by atoms with Crippen molar-refractivity contribution in [3.8, 4) is 0 Å². The van der Waals surface area contributed by atoms with Gasteiger partial charge in [-0.2, -0.15) is 4.98 Å². The normalized spacial score (nSPS) is 10.4. The summed E-state index contributed by atoms with van der Waals surface area (Å²) >= 11 is 5.83. The highest BCUT2D eigenvalue weighted by atomic mass is 35.5. The second-order valence-corrected chi connectivity index (χ2v) is 4.01. The lowest BCUT2D eigenvalue weighted by Crippen LogP contribution is -1.92. The molecule has 16 heavy (non-hydrogen) atoms. The Morgan fingerprint density at radius 2 is 2.00 bits per heavy atom. The number of aryl methyl sites for hydroxylation is 1. The molecule has 0 amide bonds. The Morgan fingerprint density at radius 1 is 1.31 bits per heavy atom. The van der Waals surface area contributed by atoms with Gasteiger partial charge in [-0.3, -0.25) is 0 Å². The molecule has 84 valence electrons. The second-order valence-electron chi connectivity index (χ2n) is 3.58. The van der Waals surface area contributed by atoms with Crippen LogP contribution >= 0.6 is 11.6 Å². The third-order valence-corrected chi connectivity index (χ3v) is 2.64. The highest BCUT2D eigenvalue weighted by Crippen LogP contribution is 2.18. The van der Waals surface area contributed by atoms with Gasteiger partial charge in [-0.1, -0.05) is 23.7 Å². The fraction of sp³-hybridized carbons (Fsp3) is 0.250. The van der Waals surface area contributed by atoms with Crippen molar-refractivity contribution in [2.75, 3.05) is 12.4 Å². The molecule has 0 bridgehead atoms. The molecule has 0 unspecified atom stereocenters. The van der Waals surface area contributed by atoms with E-state index < -0.39 is 0 Å². The average Bonchev–Trinajstić information content (AvgIpc) is 2.63. The third kappa shape index (κ3) is 2.36. The van der Waals surface area contributed by atoms with Gasteiger partial charge in [0.15, 0.2) is 0 Å². The van der Waals surface area contributed by atoms with Crippen LogP contribution in [0.2, 0.25) is 5.02 Å². The highest BCUT2D eigenvalue weighted by molar-refractivity contribution is 6.30. The van der Waals surface area contributed by atoms with E-state index in [9.17, 15) is 0 Å². The first-order valence-electron chi connectivity index (χ1n) is 5.07. The fourth-order valence-corrected chi connectivity index (χ4v) is 1.62. The number of nitrogens with one attached hydrogen (secondary N) is 1. The van der Waals surface area contributed by atoms with E-state index in [1.165, 1.54) is 5.56 Å². The van der Waals surface area contributed by atoms with E-state index >= 15 is 0 Å². The number of hydrogen-bond acceptors (Lipinski definition) is 3. The Labute approximate surface area is 99.5 Å². The lowest BCUT2D eigenvalue weighted by molar-refractivity contribution is 0.541. The first-order valence-corrected chi connectivity index (χ1v) is 5.45. The molecule has 0 saturated heterocycles. The molecule has 3 nitrogen and oxygen atoms in total. The van der Waals surface area contributed by atoms with Gasteiger partial charge in [-0.15, -0.1) is 0 Å². The first-order chi connectivity index (χ1) is 7.69. The summed E-state index contributed by atoms with van der Waals surface area (Å²) in [5.41, 5.74) is 2.12. The van der Waals surface area contributed by atoms with E-state index in [4.69, 9.17) is 16.0 Å². The Morgan fingerprint density at radius 3 is 2.56 bits per heavy atom. The molecule has 2 rings (SSSR count). The van der Waals surface area contributed by atoms with Gasteiger partial charge in [-0.05, 0) is 24.6 Å². The number of rotatable bonds is 3. The van der Waals surface area contributed by atoms with Gasteiger partial charge in [0.05, 0.1) is 5.69 Å². The number of halogens is 1. The zero-order valence-corrected chi connectivity index (χ0v) is 10.0. The predicted octanol–water partition coefficient (Wildman–Crippen LogP) is 3.27. The molecule has 2 aromatic rings. The molecule has 1 N–H and O–H groups in total. The highest BCUT2D eigenvalue weighted by Gasteiger charge is 2.08. The molecule has 0 aliphatic heterocycles. The molecule has 1 aromatic heterocycles. The monoisotopic (exact) mass is 236 g/mol. The zero-order valence-electron chi connectivity index (χ0n) is 9.25. The van der Waals surface area contributed by atoms with Gasteiger partial charge in [0.2, 0.25) is 0 Å². The van der Waals surface area contributed by atoms with Crippen molar-refractivity contribution in [2.45, 2.75) is 13.3 Å². The summed E-state index contributed by atoms with van der Waals surface area (Å²) in [4.78, 5) is 4.34. The second kappa shape index (κ2) is 4.58. The molecule has 0 radical (unpaired) electrons. The molecule has 0 spiro atoms. The van der Waals surface area contributed by atoms with Gasteiger partial charge >= 0.3 is 0 Å². The number of benzene rings is 1. The van der Waals surface area contributed by atoms with Crippen molar-refractivity contribution in [1.82, 2.24) is 4.98 Å². The van der Waals surface area contributed by atoms with Crippen LogP contribution in [0, 0.1) is 6.92 Å². The van der Waals surface area contributed by atoms with Crippen molar-refractivity contribution >= 4 is 17.6 Å². The van der Waals surface area contributed by atoms with Gasteiger partial charge in [0, 0.05) is 18.5 Å². The molecule has 0 aliphatic carbocycles. The Balaban J connectivity index is 2.19. The molecule has 1 heterocycles. The smallest absolute Gasteiger partial charge is 0.294 e. The maximum Gasteiger partial charge on any atom is 0.294 e. The molecule has 0 saturated carbocycles. The van der Waals surface area contributed by atoms with Crippen molar-refractivity contribution < 1.29 is 4.42 Å².